The maximum absolute atomic E-state index is 13.1. The third kappa shape index (κ3) is 3.73. The van der Waals surface area contributed by atoms with Crippen LogP contribution in [0.4, 0.5) is 5.82 Å². The van der Waals surface area contributed by atoms with Gasteiger partial charge in [-0.25, -0.2) is 4.98 Å². The molecule has 0 atom stereocenters. The fourth-order valence-corrected chi connectivity index (χ4v) is 3.33. The van der Waals surface area contributed by atoms with Crippen molar-refractivity contribution in [3.8, 4) is 5.69 Å². The molecule has 1 aliphatic carbocycles. The highest BCUT2D eigenvalue weighted by atomic mass is 16.2. The summed E-state index contributed by atoms with van der Waals surface area (Å²) in [4.78, 5) is 34.1. The molecular formula is C20H25N5O2. The van der Waals surface area contributed by atoms with Gasteiger partial charge < -0.3 is 15.1 Å². The second-order valence-electron chi connectivity index (χ2n) is 7.47. The molecule has 142 valence electrons. The number of benzene rings is 1. The van der Waals surface area contributed by atoms with Gasteiger partial charge in [-0.15, -0.1) is 0 Å². The van der Waals surface area contributed by atoms with Crippen molar-refractivity contribution in [2.45, 2.75) is 25.8 Å². The predicted octanol–water partition coefficient (Wildman–Crippen LogP) is 1.18. The lowest BCUT2D eigenvalue weighted by Gasteiger charge is -2.32. The number of nitrogens with one attached hydrogen (secondary N) is 1. The van der Waals surface area contributed by atoms with E-state index < -0.39 is 0 Å². The van der Waals surface area contributed by atoms with Crippen LogP contribution in [0.15, 0.2) is 35.4 Å². The van der Waals surface area contributed by atoms with Gasteiger partial charge >= 0.3 is 0 Å². The Balaban J connectivity index is 1.67. The topological polar surface area (TPSA) is 70.5 Å². The molecule has 1 aromatic carbocycles. The van der Waals surface area contributed by atoms with Gasteiger partial charge in [0.1, 0.15) is 0 Å². The molecule has 0 spiro atoms. The molecule has 1 aliphatic heterocycles. The zero-order valence-corrected chi connectivity index (χ0v) is 15.8. The van der Waals surface area contributed by atoms with Gasteiger partial charge in [0.05, 0.1) is 5.69 Å². The van der Waals surface area contributed by atoms with Crippen LogP contribution >= 0.6 is 0 Å². The van der Waals surface area contributed by atoms with Crippen molar-refractivity contribution >= 4 is 11.7 Å². The highest BCUT2D eigenvalue weighted by Gasteiger charge is 2.24. The maximum Gasteiger partial charge on any atom is 0.298 e. The second kappa shape index (κ2) is 7.15. The number of likely N-dealkylation sites (N-methyl/N-ethyl adjacent to an activating group) is 1. The Morgan fingerprint density at radius 1 is 1.19 bits per heavy atom. The van der Waals surface area contributed by atoms with Crippen LogP contribution in [-0.4, -0.2) is 59.6 Å². The van der Waals surface area contributed by atoms with E-state index in [-0.39, 0.29) is 11.5 Å². The summed E-state index contributed by atoms with van der Waals surface area (Å²) in [5, 5.41) is 3.00. The summed E-state index contributed by atoms with van der Waals surface area (Å²) in [6.45, 7) is 5.33. The fraction of sp³-hybridized carbons (Fsp3) is 0.450. The molecule has 1 aromatic heterocycles. The van der Waals surface area contributed by atoms with E-state index in [0.29, 0.717) is 17.4 Å². The Morgan fingerprint density at radius 2 is 1.93 bits per heavy atom. The van der Waals surface area contributed by atoms with Gasteiger partial charge in [-0.1, -0.05) is 6.07 Å². The molecule has 2 aromatic rings. The molecule has 4 rings (SSSR count). The Bertz CT molecular complexity index is 911. The first-order chi connectivity index (χ1) is 13.0. The molecule has 1 amide bonds. The molecule has 1 N–H and O–H groups in total. The quantitative estimate of drug-likeness (QED) is 0.879. The minimum atomic E-state index is -0.148. The third-order valence-corrected chi connectivity index (χ3v) is 5.27. The Hall–Kier alpha value is -2.67. The lowest BCUT2D eigenvalue weighted by molar-refractivity contribution is 0.0951. The number of hydrogen-bond donors (Lipinski definition) is 1. The average Bonchev–Trinajstić information content (AvgIpc) is 3.47. The summed E-state index contributed by atoms with van der Waals surface area (Å²) < 4.78 is 1.60. The van der Waals surface area contributed by atoms with E-state index >= 15 is 0 Å². The van der Waals surface area contributed by atoms with Crippen LogP contribution in [0.25, 0.3) is 5.69 Å². The zero-order chi connectivity index (χ0) is 19.0. The van der Waals surface area contributed by atoms with Crippen molar-refractivity contribution in [1.29, 1.82) is 0 Å². The van der Waals surface area contributed by atoms with Gasteiger partial charge in [0, 0.05) is 50.2 Å². The molecule has 1 saturated heterocycles. The number of aromatic nitrogens is 2. The number of rotatable bonds is 4. The highest BCUT2D eigenvalue weighted by molar-refractivity contribution is 5.95. The molecular weight excluding hydrogens is 342 g/mol. The first-order valence-electron chi connectivity index (χ1n) is 9.46. The summed E-state index contributed by atoms with van der Waals surface area (Å²) in [6, 6.07) is 5.79. The van der Waals surface area contributed by atoms with E-state index in [9.17, 15) is 9.59 Å². The van der Waals surface area contributed by atoms with Crippen molar-refractivity contribution in [1.82, 2.24) is 19.8 Å². The van der Waals surface area contributed by atoms with E-state index in [0.717, 1.165) is 50.3 Å². The summed E-state index contributed by atoms with van der Waals surface area (Å²) >= 11 is 0. The van der Waals surface area contributed by atoms with Crippen molar-refractivity contribution < 1.29 is 4.79 Å². The number of anilines is 1. The predicted molar refractivity (Wildman–Crippen MR) is 105 cm³/mol. The molecule has 2 fully saturated rings. The van der Waals surface area contributed by atoms with Crippen LogP contribution < -0.4 is 15.8 Å². The molecule has 2 aliphatic rings. The summed E-state index contributed by atoms with van der Waals surface area (Å²) in [7, 11) is 2.08. The lowest BCUT2D eigenvalue weighted by Crippen LogP contribution is -2.47. The minimum Gasteiger partial charge on any atom is -0.349 e. The fourth-order valence-electron chi connectivity index (χ4n) is 3.33. The molecule has 0 bridgehead atoms. The monoisotopic (exact) mass is 367 g/mol. The summed E-state index contributed by atoms with van der Waals surface area (Å²) in [5.41, 5.74) is 2.09. The standard InChI is InChI=1S/C20H25N5O2/c1-14-3-4-15(19(26)22-16-5-6-16)13-17(14)25-8-7-21-18(20(25)27)24-11-9-23(2)10-12-24/h3-4,7-8,13,16H,5-6,9-12H2,1-2H3,(H,22,26). The van der Waals surface area contributed by atoms with Gasteiger partial charge in [-0.3, -0.25) is 14.2 Å². The van der Waals surface area contributed by atoms with Gasteiger partial charge in [0.15, 0.2) is 5.82 Å². The summed E-state index contributed by atoms with van der Waals surface area (Å²) in [5.74, 6) is 0.387. The van der Waals surface area contributed by atoms with Crippen LogP contribution in [0.1, 0.15) is 28.8 Å². The average molecular weight is 367 g/mol. The van der Waals surface area contributed by atoms with Gasteiger partial charge in [0.2, 0.25) is 0 Å². The number of nitrogens with zero attached hydrogens (tertiary/aromatic N) is 4. The van der Waals surface area contributed by atoms with Gasteiger partial charge in [-0.2, -0.15) is 0 Å². The summed E-state index contributed by atoms with van der Waals surface area (Å²) in [6.07, 6.45) is 5.42. The number of amides is 1. The highest BCUT2D eigenvalue weighted by Crippen LogP contribution is 2.21. The zero-order valence-electron chi connectivity index (χ0n) is 15.8. The number of carbonyl (C=O) groups is 1. The third-order valence-electron chi connectivity index (χ3n) is 5.27. The number of aryl methyl sites for hydroxylation is 1. The molecule has 0 radical (unpaired) electrons. The normalized spacial score (nSPS) is 17.8. The van der Waals surface area contributed by atoms with Crippen LogP contribution in [0.2, 0.25) is 0 Å². The van der Waals surface area contributed by atoms with Crippen molar-refractivity contribution in [2.75, 3.05) is 38.1 Å². The van der Waals surface area contributed by atoms with E-state index in [2.05, 4.69) is 22.2 Å². The van der Waals surface area contributed by atoms with E-state index in [1.165, 1.54) is 0 Å². The molecule has 2 heterocycles. The van der Waals surface area contributed by atoms with Crippen LogP contribution in [0.3, 0.4) is 0 Å². The van der Waals surface area contributed by atoms with Crippen molar-refractivity contribution in [3.05, 3.63) is 52.1 Å². The molecule has 1 saturated carbocycles. The number of hydrogen-bond acceptors (Lipinski definition) is 5. The first-order valence-corrected chi connectivity index (χ1v) is 9.46. The number of carbonyl (C=O) groups excluding carboxylic acids is 1. The van der Waals surface area contributed by atoms with Crippen LogP contribution in [0, 0.1) is 6.92 Å². The Labute approximate surface area is 158 Å². The van der Waals surface area contributed by atoms with Crippen LogP contribution in [-0.2, 0) is 0 Å². The van der Waals surface area contributed by atoms with Gasteiger partial charge in [0.25, 0.3) is 11.5 Å². The lowest BCUT2D eigenvalue weighted by atomic mass is 10.1. The molecule has 7 nitrogen and oxygen atoms in total. The molecule has 7 heteroatoms. The number of piperazine rings is 1. The van der Waals surface area contributed by atoms with Crippen LogP contribution in [0.5, 0.6) is 0 Å². The SMILES string of the molecule is Cc1ccc(C(=O)NC2CC2)cc1-n1ccnc(N2CCN(C)CC2)c1=O. The van der Waals surface area contributed by atoms with E-state index in [1.54, 1.807) is 23.0 Å². The molecule has 0 unspecified atom stereocenters. The van der Waals surface area contributed by atoms with Crippen molar-refractivity contribution in [2.24, 2.45) is 0 Å². The smallest absolute Gasteiger partial charge is 0.298 e. The van der Waals surface area contributed by atoms with E-state index in [4.69, 9.17) is 0 Å². The Kier molecular flexibility index (Phi) is 4.70. The van der Waals surface area contributed by atoms with Gasteiger partial charge in [-0.05, 0) is 44.5 Å². The molecule has 27 heavy (non-hydrogen) atoms. The first kappa shape index (κ1) is 17.7. The Morgan fingerprint density at radius 3 is 2.63 bits per heavy atom. The minimum absolute atomic E-state index is 0.0832. The van der Waals surface area contributed by atoms with E-state index in [1.807, 2.05) is 24.0 Å². The largest absolute Gasteiger partial charge is 0.349 e. The maximum atomic E-state index is 13.1. The van der Waals surface area contributed by atoms with Crippen molar-refractivity contribution in [3.63, 3.8) is 0 Å². The second-order valence-corrected chi connectivity index (χ2v) is 7.47.